The standard InChI is InChI=1S/C37H29N/c1-26-22-23-32-33(24-26)37(2,27-14-6-3-7-15-27)34-25-35(30-20-12-13-21-31(30)36(32)34)38(28-16-8-4-9-17-28)29-18-10-5-11-19-29/h3-25H,1-2H3. The number of hydrogen-bond donors (Lipinski definition) is 0. The van der Waals surface area contributed by atoms with Crippen molar-refractivity contribution < 1.29 is 0 Å². The van der Waals surface area contributed by atoms with E-state index in [2.05, 4.69) is 158 Å². The largest absolute Gasteiger partial charge is 0.310 e. The van der Waals surface area contributed by atoms with Crippen molar-refractivity contribution in [2.75, 3.05) is 4.90 Å². The Bertz CT molecular complexity index is 1730. The molecule has 0 aliphatic heterocycles. The lowest BCUT2D eigenvalue weighted by Gasteiger charge is -2.32. The first-order chi connectivity index (χ1) is 18.7. The first-order valence-electron chi connectivity index (χ1n) is 13.3. The third-order valence-corrected chi connectivity index (χ3v) is 8.17. The van der Waals surface area contributed by atoms with Crippen molar-refractivity contribution in [2.45, 2.75) is 19.3 Å². The topological polar surface area (TPSA) is 3.24 Å². The van der Waals surface area contributed by atoms with Crippen molar-refractivity contribution in [3.63, 3.8) is 0 Å². The molecule has 7 rings (SSSR count). The van der Waals surface area contributed by atoms with Gasteiger partial charge in [0.25, 0.3) is 0 Å². The molecular formula is C37H29N. The molecule has 1 atom stereocenters. The first-order valence-corrected chi connectivity index (χ1v) is 13.3. The van der Waals surface area contributed by atoms with Gasteiger partial charge in [0.1, 0.15) is 0 Å². The molecule has 0 saturated carbocycles. The zero-order valence-corrected chi connectivity index (χ0v) is 21.7. The number of fused-ring (bicyclic) bond motifs is 5. The molecule has 182 valence electrons. The first kappa shape index (κ1) is 22.6. The van der Waals surface area contributed by atoms with E-state index in [0.29, 0.717) is 0 Å². The van der Waals surface area contributed by atoms with Crippen molar-refractivity contribution in [1.82, 2.24) is 0 Å². The van der Waals surface area contributed by atoms with Gasteiger partial charge in [0, 0.05) is 22.2 Å². The second kappa shape index (κ2) is 8.75. The Morgan fingerprint density at radius 1 is 0.526 bits per heavy atom. The van der Waals surface area contributed by atoms with Crippen LogP contribution in [0.4, 0.5) is 17.1 Å². The monoisotopic (exact) mass is 487 g/mol. The highest BCUT2D eigenvalue weighted by atomic mass is 15.1. The summed E-state index contributed by atoms with van der Waals surface area (Å²) >= 11 is 0. The third-order valence-electron chi connectivity index (χ3n) is 8.17. The number of nitrogens with zero attached hydrogens (tertiary/aromatic N) is 1. The van der Waals surface area contributed by atoms with E-state index in [1.807, 2.05) is 0 Å². The smallest absolute Gasteiger partial charge is 0.0543 e. The summed E-state index contributed by atoms with van der Waals surface area (Å²) in [7, 11) is 0. The van der Waals surface area contributed by atoms with E-state index < -0.39 is 0 Å². The lowest BCUT2D eigenvalue weighted by Crippen LogP contribution is -2.23. The number of anilines is 3. The van der Waals surface area contributed by atoms with Crippen LogP contribution in [0.25, 0.3) is 21.9 Å². The fourth-order valence-electron chi connectivity index (χ4n) is 6.32. The van der Waals surface area contributed by atoms with Crippen LogP contribution in [0.5, 0.6) is 0 Å². The Balaban J connectivity index is 1.61. The molecule has 1 nitrogen and oxygen atoms in total. The lowest BCUT2D eigenvalue weighted by molar-refractivity contribution is 0.713. The molecule has 0 radical (unpaired) electrons. The fourth-order valence-corrected chi connectivity index (χ4v) is 6.32. The van der Waals surface area contributed by atoms with Gasteiger partial charge in [-0.05, 0) is 77.4 Å². The van der Waals surface area contributed by atoms with Gasteiger partial charge in [-0.2, -0.15) is 0 Å². The molecule has 0 amide bonds. The van der Waals surface area contributed by atoms with E-state index in [1.54, 1.807) is 0 Å². The summed E-state index contributed by atoms with van der Waals surface area (Å²) < 4.78 is 0. The second-order valence-corrected chi connectivity index (χ2v) is 10.4. The van der Waals surface area contributed by atoms with Crippen molar-refractivity contribution in [1.29, 1.82) is 0 Å². The second-order valence-electron chi connectivity index (χ2n) is 10.4. The number of benzene rings is 6. The molecule has 1 aliphatic carbocycles. The molecular weight excluding hydrogens is 458 g/mol. The zero-order chi connectivity index (χ0) is 25.7. The molecule has 1 unspecified atom stereocenters. The van der Waals surface area contributed by atoms with Gasteiger partial charge in [-0.25, -0.2) is 0 Å². The Hall–Kier alpha value is -4.62. The van der Waals surface area contributed by atoms with Crippen LogP contribution >= 0.6 is 0 Å². The number of hydrogen-bond acceptors (Lipinski definition) is 1. The summed E-state index contributed by atoms with van der Waals surface area (Å²) in [6.07, 6.45) is 0. The van der Waals surface area contributed by atoms with Gasteiger partial charge >= 0.3 is 0 Å². The van der Waals surface area contributed by atoms with Crippen LogP contribution in [0.15, 0.2) is 140 Å². The molecule has 0 saturated heterocycles. The van der Waals surface area contributed by atoms with Gasteiger partial charge in [0.2, 0.25) is 0 Å². The molecule has 0 spiro atoms. The van der Waals surface area contributed by atoms with Crippen LogP contribution in [0.2, 0.25) is 0 Å². The van der Waals surface area contributed by atoms with Gasteiger partial charge in [-0.1, -0.05) is 115 Å². The Morgan fingerprint density at radius 2 is 1.08 bits per heavy atom. The molecule has 0 aromatic heterocycles. The summed E-state index contributed by atoms with van der Waals surface area (Å²) in [5.41, 5.74) is 11.3. The van der Waals surface area contributed by atoms with Crippen LogP contribution in [0, 0.1) is 6.92 Å². The van der Waals surface area contributed by atoms with E-state index >= 15 is 0 Å². The zero-order valence-electron chi connectivity index (χ0n) is 21.7. The highest BCUT2D eigenvalue weighted by molar-refractivity contribution is 6.10. The van der Waals surface area contributed by atoms with Crippen LogP contribution in [-0.4, -0.2) is 0 Å². The normalized spacial score (nSPS) is 15.7. The Morgan fingerprint density at radius 3 is 1.71 bits per heavy atom. The molecule has 1 heteroatoms. The maximum Gasteiger partial charge on any atom is 0.0543 e. The maximum atomic E-state index is 2.46. The van der Waals surface area contributed by atoms with E-state index in [-0.39, 0.29) is 5.41 Å². The van der Waals surface area contributed by atoms with Crippen LogP contribution < -0.4 is 4.90 Å². The number of para-hydroxylation sites is 2. The van der Waals surface area contributed by atoms with E-state index in [0.717, 1.165) is 11.4 Å². The molecule has 0 heterocycles. The number of aryl methyl sites for hydroxylation is 1. The minimum Gasteiger partial charge on any atom is -0.310 e. The van der Waals surface area contributed by atoms with Gasteiger partial charge in [-0.3, -0.25) is 0 Å². The summed E-state index contributed by atoms with van der Waals surface area (Å²) in [5.74, 6) is 0. The SMILES string of the molecule is Cc1ccc2c(c1)C(C)(c1ccccc1)c1cc(N(c3ccccc3)c3ccccc3)c3ccccc3c1-2. The van der Waals surface area contributed by atoms with Gasteiger partial charge in [0.15, 0.2) is 0 Å². The molecule has 38 heavy (non-hydrogen) atoms. The summed E-state index contributed by atoms with van der Waals surface area (Å²) in [4.78, 5) is 2.41. The minimum absolute atomic E-state index is 0.268. The highest BCUT2D eigenvalue weighted by Gasteiger charge is 2.42. The predicted molar refractivity (Wildman–Crippen MR) is 161 cm³/mol. The molecule has 6 aromatic rings. The Labute approximate surface area is 224 Å². The van der Waals surface area contributed by atoms with Gasteiger partial charge in [-0.15, -0.1) is 0 Å². The van der Waals surface area contributed by atoms with Crippen molar-refractivity contribution >= 4 is 27.8 Å². The predicted octanol–water partition coefficient (Wildman–Crippen LogP) is 9.95. The summed E-state index contributed by atoms with van der Waals surface area (Å²) in [6.45, 7) is 4.60. The van der Waals surface area contributed by atoms with Crippen molar-refractivity contribution in [3.05, 3.63) is 162 Å². The van der Waals surface area contributed by atoms with Gasteiger partial charge < -0.3 is 4.90 Å². The minimum atomic E-state index is -0.268. The summed E-state index contributed by atoms with van der Waals surface area (Å²) in [6, 6.07) is 50.8. The highest BCUT2D eigenvalue weighted by Crippen LogP contribution is 2.57. The van der Waals surface area contributed by atoms with Crippen molar-refractivity contribution in [2.24, 2.45) is 0 Å². The number of rotatable bonds is 4. The molecule has 0 fully saturated rings. The quantitative estimate of drug-likeness (QED) is 0.239. The lowest BCUT2D eigenvalue weighted by atomic mass is 9.73. The van der Waals surface area contributed by atoms with Crippen LogP contribution in [0.3, 0.4) is 0 Å². The molecule has 0 bridgehead atoms. The van der Waals surface area contributed by atoms with Crippen LogP contribution in [0.1, 0.15) is 29.2 Å². The molecule has 6 aromatic carbocycles. The fraction of sp³-hybridized carbons (Fsp3) is 0.0811. The Kier molecular flexibility index (Phi) is 5.19. The third kappa shape index (κ3) is 3.32. The van der Waals surface area contributed by atoms with Gasteiger partial charge in [0.05, 0.1) is 5.69 Å². The van der Waals surface area contributed by atoms with E-state index in [1.165, 1.54) is 49.8 Å². The maximum absolute atomic E-state index is 2.46. The van der Waals surface area contributed by atoms with Crippen LogP contribution in [-0.2, 0) is 5.41 Å². The summed E-state index contributed by atoms with van der Waals surface area (Å²) in [5, 5.41) is 2.55. The van der Waals surface area contributed by atoms with E-state index in [4.69, 9.17) is 0 Å². The molecule has 0 N–H and O–H groups in total. The average molecular weight is 488 g/mol. The molecule has 1 aliphatic rings. The average Bonchev–Trinajstić information content (AvgIpc) is 3.23. The van der Waals surface area contributed by atoms with E-state index in [9.17, 15) is 0 Å². The van der Waals surface area contributed by atoms with Crippen molar-refractivity contribution in [3.8, 4) is 11.1 Å².